The molecule has 1 aromatic heterocycles. The molecular weight excluding hydrogens is 228 g/mol. The lowest BCUT2D eigenvalue weighted by molar-refractivity contribution is 0.0328. The van der Waals surface area contributed by atoms with Crippen molar-refractivity contribution in [1.82, 2.24) is 9.97 Å². The van der Waals surface area contributed by atoms with Gasteiger partial charge in [-0.2, -0.15) is 4.98 Å². The van der Waals surface area contributed by atoms with E-state index in [1.54, 1.807) is 7.11 Å². The first-order valence-electron chi connectivity index (χ1n) is 6.59. The van der Waals surface area contributed by atoms with E-state index >= 15 is 0 Å². The molecule has 0 amide bonds. The highest BCUT2D eigenvalue weighted by Gasteiger charge is 2.29. The van der Waals surface area contributed by atoms with Gasteiger partial charge in [0.2, 0.25) is 5.95 Å². The second-order valence-electron chi connectivity index (χ2n) is 4.82. The van der Waals surface area contributed by atoms with Crippen LogP contribution in [0.15, 0.2) is 6.20 Å². The van der Waals surface area contributed by atoms with Gasteiger partial charge in [0.1, 0.15) is 5.82 Å². The summed E-state index contributed by atoms with van der Waals surface area (Å²) < 4.78 is 5.28. The van der Waals surface area contributed by atoms with E-state index in [1.807, 2.05) is 13.1 Å². The van der Waals surface area contributed by atoms with Gasteiger partial charge in [0, 0.05) is 31.5 Å². The number of aryl methyl sites for hydroxylation is 1. The summed E-state index contributed by atoms with van der Waals surface area (Å²) in [5.74, 6) is 1.63. The lowest BCUT2D eigenvalue weighted by Gasteiger charge is -2.35. The first-order valence-corrected chi connectivity index (χ1v) is 6.59. The van der Waals surface area contributed by atoms with Gasteiger partial charge in [0.15, 0.2) is 0 Å². The van der Waals surface area contributed by atoms with Crippen molar-refractivity contribution in [3.05, 3.63) is 11.8 Å². The van der Waals surface area contributed by atoms with Crippen LogP contribution in [0, 0.1) is 6.92 Å². The number of methoxy groups -OCH3 is 1. The van der Waals surface area contributed by atoms with Crippen molar-refractivity contribution in [1.29, 1.82) is 0 Å². The fraction of sp³-hybridized carbons (Fsp3) is 0.692. The first kappa shape index (κ1) is 13.1. The molecule has 1 aliphatic rings. The number of hydrogen-bond acceptors (Lipinski definition) is 5. The minimum atomic E-state index is 0.405. The highest BCUT2D eigenvalue weighted by molar-refractivity contribution is 5.47. The summed E-state index contributed by atoms with van der Waals surface area (Å²) >= 11 is 0. The fourth-order valence-corrected chi connectivity index (χ4v) is 1.98. The van der Waals surface area contributed by atoms with E-state index < -0.39 is 0 Å². The van der Waals surface area contributed by atoms with Crippen LogP contribution in [-0.2, 0) is 4.74 Å². The van der Waals surface area contributed by atoms with Crippen molar-refractivity contribution < 1.29 is 4.74 Å². The predicted molar refractivity (Wildman–Crippen MR) is 73.0 cm³/mol. The average Bonchev–Trinajstić information content (AvgIpc) is 2.33. The fourth-order valence-electron chi connectivity index (χ4n) is 1.98. The van der Waals surface area contributed by atoms with Gasteiger partial charge >= 0.3 is 0 Å². The molecular formula is C13H22N4O. The number of ether oxygens (including phenoxy) is 1. The van der Waals surface area contributed by atoms with Gasteiger partial charge in [-0.1, -0.05) is 6.92 Å². The summed E-state index contributed by atoms with van der Waals surface area (Å²) in [6, 6.07) is 0.475. The van der Waals surface area contributed by atoms with Gasteiger partial charge in [-0.25, -0.2) is 4.98 Å². The monoisotopic (exact) mass is 250 g/mol. The zero-order valence-electron chi connectivity index (χ0n) is 11.4. The Hall–Kier alpha value is -1.36. The minimum absolute atomic E-state index is 0.405. The van der Waals surface area contributed by atoms with E-state index in [4.69, 9.17) is 4.74 Å². The van der Waals surface area contributed by atoms with Gasteiger partial charge in [0.25, 0.3) is 0 Å². The minimum Gasteiger partial charge on any atom is -0.381 e. The van der Waals surface area contributed by atoms with Gasteiger partial charge in [0.05, 0.1) is 6.10 Å². The van der Waals surface area contributed by atoms with Crippen molar-refractivity contribution >= 4 is 11.8 Å². The van der Waals surface area contributed by atoms with Gasteiger partial charge in [-0.05, 0) is 26.2 Å². The van der Waals surface area contributed by atoms with Crippen LogP contribution in [0.5, 0.6) is 0 Å². The number of aromatic nitrogens is 2. The van der Waals surface area contributed by atoms with Gasteiger partial charge in [-0.3, -0.25) is 0 Å². The van der Waals surface area contributed by atoms with Crippen molar-refractivity contribution in [2.24, 2.45) is 0 Å². The Morgan fingerprint density at radius 1 is 1.44 bits per heavy atom. The van der Waals surface area contributed by atoms with Crippen LogP contribution in [0.4, 0.5) is 11.8 Å². The van der Waals surface area contributed by atoms with Crippen molar-refractivity contribution in [2.45, 2.75) is 45.3 Å². The van der Waals surface area contributed by atoms with Crippen molar-refractivity contribution in [3.8, 4) is 0 Å². The first-order chi connectivity index (χ1) is 8.72. The Kier molecular flexibility index (Phi) is 4.36. The molecule has 18 heavy (non-hydrogen) atoms. The van der Waals surface area contributed by atoms with Crippen LogP contribution >= 0.6 is 0 Å². The Balaban J connectivity index is 1.94. The average molecular weight is 250 g/mol. The number of rotatable bonds is 6. The Morgan fingerprint density at radius 2 is 2.22 bits per heavy atom. The number of anilines is 2. The van der Waals surface area contributed by atoms with Crippen LogP contribution in [0.25, 0.3) is 0 Å². The van der Waals surface area contributed by atoms with E-state index in [0.717, 1.165) is 37.2 Å². The molecule has 1 fully saturated rings. The zero-order chi connectivity index (χ0) is 13.0. The molecule has 1 aliphatic carbocycles. The molecule has 0 saturated heterocycles. The molecule has 0 unspecified atom stereocenters. The molecule has 0 aromatic carbocycles. The number of nitrogens with zero attached hydrogens (tertiary/aromatic N) is 2. The van der Waals surface area contributed by atoms with Crippen LogP contribution < -0.4 is 10.6 Å². The summed E-state index contributed by atoms with van der Waals surface area (Å²) in [6.45, 7) is 5.05. The molecule has 5 nitrogen and oxygen atoms in total. The molecule has 0 bridgehead atoms. The normalized spacial score (nSPS) is 22.4. The molecule has 1 heterocycles. The molecule has 0 spiro atoms. The van der Waals surface area contributed by atoms with E-state index in [9.17, 15) is 0 Å². The van der Waals surface area contributed by atoms with Gasteiger partial charge < -0.3 is 15.4 Å². The molecule has 0 aliphatic heterocycles. The largest absolute Gasteiger partial charge is 0.381 e. The maximum absolute atomic E-state index is 5.28. The Labute approximate surface area is 108 Å². The predicted octanol–water partition coefficient (Wildman–Crippen LogP) is 2.20. The number of nitrogens with one attached hydrogen (secondary N) is 2. The summed E-state index contributed by atoms with van der Waals surface area (Å²) in [7, 11) is 1.77. The molecule has 1 aromatic rings. The molecule has 100 valence electrons. The molecule has 0 atom stereocenters. The third kappa shape index (κ3) is 3.10. The second kappa shape index (κ2) is 6.00. The Bertz CT molecular complexity index is 391. The summed E-state index contributed by atoms with van der Waals surface area (Å²) in [5.41, 5.74) is 1.08. The van der Waals surface area contributed by atoms with Crippen molar-refractivity contribution in [2.75, 3.05) is 24.3 Å². The van der Waals surface area contributed by atoms with Crippen LogP contribution in [0.3, 0.4) is 0 Å². The smallest absolute Gasteiger partial charge is 0.224 e. The van der Waals surface area contributed by atoms with Crippen LogP contribution in [0.2, 0.25) is 0 Å². The van der Waals surface area contributed by atoms with E-state index in [-0.39, 0.29) is 0 Å². The maximum atomic E-state index is 5.28. The highest BCUT2D eigenvalue weighted by atomic mass is 16.5. The molecule has 2 rings (SSSR count). The zero-order valence-corrected chi connectivity index (χ0v) is 11.4. The lowest BCUT2D eigenvalue weighted by Crippen LogP contribution is -2.40. The third-order valence-electron chi connectivity index (χ3n) is 3.27. The second-order valence-corrected chi connectivity index (χ2v) is 4.82. The highest BCUT2D eigenvalue weighted by Crippen LogP contribution is 2.26. The quantitative estimate of drug-likeness (QED) is 0.810. The maximum Gasteiger partial charge on any atom is 0.224 e. The molecule has 0 radical (unpaired) electrons. The SMILES string of the molecule is CCCNc1ncc(C)c(NC2CC(OC)C2)n1. The summed E-state index contributed by atoms with van der Waals surface area (Å²) in [6.07, 6.45) is 5.44. The van der Waals surface area contributed by atoms with Crippen molar-refractivity contribution in [3.63, 3.8) is 0 Å². The molecule has 2 N–H and O–H groups in total. The standard InChI is InChI=1S/C13H22N4O/c1-4-5-14-13-15-8-9(2)12(17-13)16-10-6-11(7-10)18-3/h8,10-11H,4-7H2,1-3H3,(H2,14,15,16,17). The Morgan fingerprint density at radius 3 is 2.89 bits per heavy atom. The van der Waals surface area contributed by atoms with Crippen LogP contribution in [0.1, 0.15) is 31.7 Å². The van der Waals surface area contributed by atoms with E-state index in [2.05, 4.69) is 27.5 Å². The topological polar surface area (TPSA) is 59.1 Å². The van der Waals surface area contributed by atoms with Crippen LogP contribution in [-0.4, -0.2) is 35.8 Å². The third-order valence-corrected chi connectivity index (χ3v) is 3.27. The summed E-state index contributed by atoms with van der Waals surface area (Å²) in [4.78, 5) is 8.78. The molecule has 1 saturated carbocycles. The van der Waals surface area contributed by atoms with E-state index in [1.165, 1.54) is 0 Å². The lowest BCUT2D eigenvalue weighted by atomic mass is 9.89. The molecule has 5 heteroatoms. The van der Waals surface area contributed by atoms with Gasteiger partial charge in [-0.15, -0.1) is 0 Å². The number of hydrogen-bond donors (Lipinski definition) is 2. The summed E-state index contributed by atoms with van der Waals surface area (Å²) in [5, 5.41) is 6.66. The van der Waals surface area contributed by atoms with E-state index in [0.29, 0.717) is 18.1 Å².